The van der Waals surface area contributed by atoms with Crippen molar-refractivity contribution in [2.24, 2.45) is 0 Å². The van der Waals surface area contributed by atoms with E-state index in [1.165, 1.54) is 34.1 Å². The number of carbonyl (C=O) groups excluding carboxylic acids is 3. The number of nitrogens with zero attached hydrogens (tertiary/aromatic N) is 2. The molecule has 10 heteroatoms. The molecule has 1 fully saturated rings. The number of hydrogen-bond donors (Lipinski definition) is 2. The van der Waals surface area contributed by atoms with Crippen LogP contribution in [0.1, 0.15) is 54.8 Å². The Morgan fingerprint density at radius 1 is 1.05 bits per heavy atom. The number of halogens is 3. The molecule has 2 aromatic rings. The quantitative estimate of drug-likeness (QED) is 0.436. The number of alkyl halides is 3. The third-order valence-corrected chi connectivity index (χ3v) is 8.04. The molecule has 0 bridgehead atoms. The van der Waals surface area contributed by atoms with Crippen molar-refractivity contribution in [3.8, 4) is 0 Å². The van der Waals surface area contributed by atoms with Gasteiger partial charge in [-0.1, -0.05) is 73.9 Å². The van der Waals surface area contributed by atoms with Crippen LogP contribution in [0.2, 0.25) is 0 Å². The van der Waals surface area contributed by atoms with Crippen LogP contribution in [-0.2, 0) is 22.2 Å². The normalized spacial score (nSPS) is 20.5. The first-order valence-electron chi connectivity index (χ1n) is 13.9. The summed E-state index contributed by atoms with van der Waals surface area (Å²) in [5, 5.41) is 5.74. The van der Waals surface area contributed by atoms with Gasteiger partial charge < -0.3 is 15.5 Å². The lowest BCUT2D eigenvalue weighted by Crippen LogP contribution is -2.52. The van der Waals surface area contributed by atoms with Crippen molar-refractivity contribution >= 4 is 17.8 Å². The summed E-state index contributed by atoms with van der Waals surface area (Å²) in [5.41, 5.74) is -0.00191. The summed E-state index contributed by atoms with van der Waals surface area (Å²) in [6, 6.07) is 11.3. The number of rotatable bonds is 8. The SMILES string of the molecule is C=CCN1C(=O)N[C@@H](c2ccccc2C(F)(F)F)C2=C1CN([C@@H](Cc1ccccc1)C(=O)NC1CCCCC1)C2=O. The summed E-state index contributed by atoms with van der Waals surface area (Å²) in [7, 11) is 0. The number of nitrogens with one attached hydrogen (secondary N) is 2. The molecule has 2 heterocycles. The third kappa shape index (κ3) is 5.87. The predicted molar refractivity (Wildman–Crippen MR) is 147 cm³/mol. The van der Waals surface area contributed by atoms with Crippen molar-refractivity contribution in [1.29, 1.82) is 0 Å². The minimum atomic E-state index is -4.70. The lowest BCUT2D eigenvalue weighted by molar-refractivity contribution is -0.138. The standard InChI is InChI=1S/C31H33F3N4O3/c1-2-17-37-25-19-38(24(18-20-11-5-3-6-12-20)28(39)35-21-13-7-4-8-14-21)29(40)26(25)27(36-30(37)41)22-15-9-10-16-23(22)31(32,33)34/h2-3,5-6,9-12,15-16,21,24,27H,1,4,7-8,13-14,17-19H2,(H,35,39)(H,36,41)/t24-,27-/m0/s1. The van der Waals surface area contributed by atoms with Gasteiger partial charge in [0.2, 0.25) is 5.91 Å². The van der Waals surface area contributed by atoms with Crippen LogP contribution in [0.25, 0.3) is 0 Å². The fourth-order valence-electron chi connectivity index (χ4n) is 6.05. The number of benzene rings is 2. The molecule has 1 aliphatic carbocycles. The van der Waals surface area contributed by atoms with Gasteiger partial charge in [-0.25, -0.2) is 4.79 Å². The number of hydrogen-bond acceptors (Lipinski definition) is 3. The second kappa shape index (κ2) is 11.8. The minimum Gasteiger partial charge on any atom is -0.352 e. The maximum Gasteiger partial charge on any atom is 0.416 e. The van der Waals surface area contributed by atoms with E-state index in [9.17, 15) is 27.6 Å². The molecule has 41 heavy (non-hydrogen) atoms. The van der Waals surface area contributed by atoms with Crippen LogP contribution in [0, 0.1) is 0 Å². The van der Waals surface area contributed by atoms with E-state index >= 15 is 0 Å². The third-order valence-electron chi connectivity index (χ3n) is 8.04. The summed E-state index contributed by atoms with van der Waals surface area (Å²) in [6.07, 6.45) is 1.85. The Hall–Kier alpha value is -4.08. The minimum absolute atomic E-state index is 0.00160. The van der Waals surface area contributed by atoms with Gasteiger partial charge in [-0.05, 0) is 30.0 Å². The van der Waals surface area contributed by atoms with Crippen LogP contribution < -0.4 is 10.6 Å². The van der Waals surface area contributed by atoms with E-state index in [4.69, 9.17) is 0 Å². The van der Waals surface area contributed by atoms with Crippen molar-refractivity contribution in [2.45, 2.75) is 62.8 Å². The highest BCUT2D eigenvalue weighted by Gasteiger charge is 2.48. The Morgan fingerprint density at radius 3 is 2.41 bits per heavy atom. The molecule has 0 radical (unpaired) electrons. The smallest absolute Gasteiger partial charge is 0.352 e. The molecular weight excluding hydrogens is 533 g/mol. The lowest BCUT2D eigenvalue weighted by Gasteiger charge is -2.33. The van der Waals surface area contributed by atoms with Gasteiger partial charge >= 0.3 is 12.2 Å². The average molecular weight is 567 g/mol. The van der Waals surface area contributed by atoms with Crippen molar-refractivity contribution in [3.05, 3.63) is 95.2 Å². The van der Waals surface area contributed by atoms with E-state index in [0.717, 1.165) is 43.7 Å². The van der Waals surface area contributed by atoms with Gasteiger partial charge in [0.15, 0.2) is 0 Å². The molecule has 5 rings (SSSR count). The fourth-order valence-corrected chi connectivity index (χ4v) is 6.05. The zero-order valence-electron chi connectivity index (χ0n) is 22.6. The van der Waals surface area contributed by atoms with Crippen LogP contribution in [0.3, 0.4) is 0 Å². The molecule has 2 N–H and O–H groups in total. The molecule has 2 aromatic carbocycles. The van der Waals surface area contributed by atoms with Gasteiger partial charge in [0.25, 0.3) is 5.91 Å². The largest absolute Gasteiger partial charge is 0.416 e. The van der Waals surface area contributed by atoms with Crippen molar-refractivity contribution in [1.82, 2.24) is 20.4 Å². The van der Waals surface area contributed by atoms with Gasteiger partial charge in [0, 0.05) is 19.0 Å². The monoisotopic (exact) mass is 566 g/mol. The van der Waals surface area contributed by atoms with Crippen molar-refractivity contribution in [2.75, 3.05) is 13.1 Å². The molecule has 2 aliphatic heterocycles. The van der Waals surface area contributed by atoms with Crippen molar-refractivity contribution in [3.63, 3.8) is 0 Å². The van der Waals surface area contributed by atoms with E-state index in [-0.39, 0.29) is 48.3 Å². The second-order valence-corrected chi connectivity index (χ2v) is 10.7. The molecule has 0 unspecified atom stereocenters. The number of urea groups is 1. The highest BCUT2D eigenvalue weighted by atomic mass is 19.4. The van der Waals surface area contributed by atoms with Gasteiger partial charge in [0.05, 0.1) is 29.4 Å². The fraction of sp³-hybridized carbons (Fsp3) is 0.387. The zero-order chi connectivity index (χ0) is 29.1. The summed E-state index contributed by atoms with van der Waals surface area (Å²) < 4.78 is 42.0. The lowest BCUT2D eigenvalue weighted by atomic mass is 9.91. The van der Waals surface area contributed by atoms with E-state index in [2.05, 4.69) is 17.2 Å². The Kier molecular flexibility index (Phi) is 8.19. The molecular formula is C31H33F3N4O3. The molecule has 4 amide bonds. The van der Waals surface area contributed by atoms with E-state index in [0.29, 0.717) is 0 Å². The average Bonchev–Trinajstić information content (AvgIpc) is 3.30. The molecule has 0 saturated heterocycles. The summed E-state index contributed by atoms with van der Waals surface area (Å²) in [4.78, 5) is 43.8. The Labute approximate surface area is 237 Å². The van der Waals surface area contributed by atoms with Gasteiger partial charge in [-0.15, -0.1) is 6.58 Å². The van der Waals surface area contributed by atoms with Crippen molar-refractivity contribution < 1.29 is 27.6 Å². The van der Waals surface area contributed by atoms with E-state index in [1.54, 1.807) is 0 Å². The molecule has 0 aromatic heterocycles. The highest BCUT2D eigenvalue weighted by Crippen LogP contribution is 2.42. The number of amides is 4. The van der Waals surface area contributed by atoms with E-state index < -0.39 is 35.8 Å². The van der Waals surface area contributed by atoms with Gasteiger partial charge in [-0.2, -0.15) is 13.2 Å². The molecule has 1 saturated carbocycles. The van der Waals surface area contributed by atoms with Gasteiger partial charge in [-0.3, -0.25) is 14.5 Å². The highest BCUT2D eigenvalue weighted by molar-refractivity contribution is 6.03. The Balaban J connectivity index is 1.54. The van der Waals surface area contributed by atoms with Gasteiger partial charge in [0.1, 0.15) is 6.04 Å². The summed E-state index contributed by atoms with van der Waals surface area (Å²) in [5.74, 6) is -0.883. The van der Waals surface area contributed by atoms with Crippen LogP contribution in [-0.4, -0.2) is 52.8 Å². The summed E-state index contributed by atoms with van der Waals surface area (Å²) >= 11 is 0. The molecule has 7 nitrogen and oxygen atoms in total. The Bertz CT molecular complexity index is 1350. The molecule has 2 atom stereocenters. The first-order valence-corrected chi connectivity index (χ1v) is 13.9. The Morgan fingerprint density at radius 2 is 1.73 bits per heavy atom. The molecule has 0 spiro atoms. The summed E-state index contributed by atoms with van der Waals surface area (Å²) in [6.45, 7) is 3.66. The maximum absolute atomic E-state index is 14.2. The predicted octanol–water partition coefficient (Wildman–Crippen LogP) is 5.11. The van der Waals surface area contributed by atoms with Crippen LogP contribution in [0.4, 0.5) is 18.0 Å². The second-order valence-electron chi connectivity index (χ2n) is 10.7. The first kappa shape index (κ1) is 28.4. The maximum atomic E-state index is 14.2. The molecule has 216 valence electrons. The topological polar surface area (TPSA) is 81.8 Å². The van der Waals surface area contributed by atoms with Crippen LogP contribution in [0.15, 0.2) is 78.5 Å². The number of carbonyl (C=O) groups is 3. The zero-order valence-corrected chi connectivity index (χ0v) is 22.6. The van der Waals surface area contributed by atoms with Crippen LogP contribution in [0.5, 0.6) is 0 Å². The first-order chi connectivity index (χ1) is 19.7. The molecule has 3 aliphatic rings. The van der Waals surface area contributed by atoms with Crippen LogP contribution >= 0.6 is 0 Å². The van der Waals surface area contributed by atoms with E-state index in [1.807, 2.05) is 30.3 Å².